The first-order chi connectivity index (χ1) is 7.66. The number of halogens is 3. The lowest BCUT2D eigenvalue weighted by atomic mass is 10.3. The fraction of sp³-hybridized carbons (Fsp3) is 0. The minimum Gasteiger partial charge on any atom is -0.337 e. The van der Waals surface area contributed by atoms with E-state index in [2.05, 4.69) is 31.2 Å². The van der Waals surface area contributed by atoms with E-state index >= 15 is 0 Å². The molecule has 1 N–H and O–H groups in total. The van der Waals surface area contributed by atoms with Crippen molar-refractivity contribution in [3.05, 3.63) is 46.8 Å². The van der Waals surface area contributed by atoms with E-state index in [1.807, 2.05) is 0 Å². The standard InChI is InChI=1S/C10H6BrF2N3/c11-7-4-14-5-15-10(7)16-9-3-6(12)1-2-8(9)13/h1-5H,(H,14,15,16). The van der Waals surface area contributed by atoms with E-state index in [1.165, 1.54) is 12.5 Å². The van der Waals surface area contributed by atoms with Crippen molar-refractivity contribution in [2.24, 2.45) is 0 Å². The van der Waals surface area contributed by atoms with Crippen LogP contribution in [0.15, 0.2) is 35.2 Å². The lowest BCUT2D eigenvalue weighted by molar-refractivity contribution is 0.603. The van der Waals surface area contributed by atoms with Gasteiger partial charge in [-0.1, -0.05) is 0 Å². The predicted molar refractivity (Wildman–Crippen MR) is 59.4 cm³/mol. The summed E-state index contributed by atoms with van der Waals surface area (Å²) in [5.41, 5.74) is 0.0272. The van der Waals surface area contributed by atoms with Crippen LogP contribution in [0.25, 0.3) is 0 Å². The molecule has 82 valence electrons. The second-order valence-corrected chi connectivity index (χ2v) is 3.82. The summed E-state index contributed by atoms with van der Waals surface area (Å²) in [7, 11) is 0. The molecule has 0 atom stereocenters. The maximum atomic E-state index is 13.3. The third kappa shape index (κ3) is 2.33. The van der Waals surface area contributed by atoms with Gasteiger partial charge < -0.3 is 5.32 Å². The Hall–Kier alpha value is -1.56. The first-order valence-electron chi connectivity index (χ1n) is 4.34. The maximum absolute atomic E-state index is 13.3. The number of anilines is 2. The molecular weight excluding hydrogens is 280 g/mol. The molecule has 0 aliphatic heterocycles. The van der Waals surface area contributed by atoms with Crippen molar-refractivity contribution >= 4 is 27.4 Å². The Kier molecular flexibility index (Phi) is 3.09. The van der Waals surface area contributed by atoms with Crippen molar-refractivity contribution in [3.8, 4) is 0 Å². The average Bonchev–Trinajstić information content (AvgIpc) is 2.27. The van der Waals surface area contributed by atoms with Gasteiger partial charge in [-0.2, -0.15) is 0 Å². The highest BCUT2D eigenvalue weighted by Gasteiger charge is 2.06. The van der Waals surface area contributed by atoms with Gasteiger partial charge in [-0.3, -0.25) is 0 Å². The Morgan fingerprint density at radius 2 is 2.06 bits per heavy atom. The van der Waals surface area contributed by atoms with Gasteiger partial charge in [-0.25, -0.2) is 18.7 Å². The van der Waals surface area contributed by atoms with Crippen LogP contribution >= 0.6 is 15.9 Å². The summed E-state index contributed by atoms with van der Waals surface area (Å²) in [6.45, 7) is 0. The van der Waals surface area contributed by atoms with Crippen molar-refractivity contribution in [1.82, 2.24) is 9.97 Å². The maximum Gasteiger partial charge on any atom is 0.148 e. The summed E-state index contributed by atoms with van der Waals surface area (Å²) >= 11 is 3.19. The van der Waals surface area contributed by atoms with Crippen LogP contribution in [0.3, 0.4) is 0 Å². The quantitative estimate of drug-likeness (QED) is 0.920. The number of nitrogens with one attached hydrogen (secondary N) is 1. The van der Waals surface area contributed by atoms with Crippen LogP contribution in [0.5, 0.6) is 0 Å². The summed E-state index contributed by atoms with van der Waals surface area (Å²) < 4.78 is 26.8. The highest BCUT2D eigenvalue weighted by atomic mass is 79.9. The zero-order valence-electron chi connectivity index (χ0n) is 7.92. The van der Waals surface area contributed by atoms with Gasteiger partial charge in [-0.15, -0.1) is 0 Å². The van der Waals surface area contributed by atoms with Crippen LogP contribution in [0.2, 0.25) is 0 Å². The third-order valence-corrected chi connectivity index (χ3v) is 2.43. The molecule has 6 heteroatoms. The SMILES string of the molecule is Fc1ccc(F)c(Nc2ncncc2Br)c1. The van der Waals surface area contributed by atoms with Gasteiger partial charge in [0, 0.05) is 12.3 Å². The van der Waals surface area contributed by atoms with E-state index in [1.54, 1.807) is 0 Å². The summed E-state index contributed by atoms with van der Waals surface area (Å²) in [5.74, 6) is -0.694. The lowest BCUT2D eigenvalue weighted by Gasteiger charge is -2.07. The average molecular weight is 286 g/mol. The van der Waals surface area contributed by atoms with Gasteiger partial charge in [0.15, 0.2) is 0 Å². The normalized spacial score (nSPS) is 10.2. The van der Waals surface area contributed by atoms with E-state index in [4.69, 9.17) is 0 Å². The summed E-state index contributed by atoms with van der Waals surface area (Å²) in [4.78, 5) is 7.65. The minimum atomic E-state index is -0.549. The minimum absolute atomic E-state index is 0.0272. The van der Waals surface area contributed by atoms with Crippen molar-refractivity contribution < 1.29 is 8.78 Å². The fourth-order valence-corrected chi connectivity index (χ4v) is 1.45. The van der Waals surface area contributed by atoms with Crippen molar-refractivity contribution in [3.63, 3.8) is 0 Å². The molecule has 1 heterocycles. The van der Waals surface area contributed by atoms with E-state index in [-0.39, 0.29) is 5.69 Å². The van der Waals surface area contributed by atoms with Crippen molar-refractivity contribution in [2.45, 2.75) is 0 Å². The van der Waals surface area contributed by atoms with Crippen molar-refractivity contribution in [1.29, 1.82) is 0 Å². The molecule has 0 saturated heterocycles. The molecule has 3 nitrogen and oxygen atoms in total. The lowest BCUT2D eigenvalue weighted by Crippen LogP contribution is -1.98. The second kappa shape index (κ2) is 4.52. The van der Waals surface area contributed by atoms with Crippen LogP contribution in [-0.4, -0.2) is 9.97 Å². The zero-order valence-corrected chi connectivity index (χ0v) is 9.50. The Morgan fingerprint density at radius 3 is 2.81 bits per heavy atom. The van der Waals surface area contributed by atoms with Gasteiger partial charge in [-0.05, 0) is 28.1 Å². The van der Waals surface area contributed by atoms with Gasteiger partial charge >= 0.3 is 0 Å². The smallest absolute Gasteiger partial charge is 0.148 e. The van der Waals surface area contributed by atoms with E-state index < -0.39 is 11.6 Å². The molecule has 1 aromatic carbocycles. The Labute approximate surface area is 98.7 Å². The molecule has 0 bridgehead atoms. The van der Waals surface area contributed by atoms with Gasteiger partial charge in [0.25, 0.3) is 0 Å². The molecule has 0 spiro atoms. The molecule has 0 unspecified atom stereocenters. The number of hydrogen-bond donors (Lipinski definition) is 1. The highest BCUT2D eigenvalue weighted by molar-refractivity contribution is 9.10. The van der Waals surface area contributed by atoms with Crippen LogP contribution in [-0.2, 0) is 0 Å². The largest absolute Gasteiger partial charge is 0.337 e. The molecule has 0 radical (unpaired) electrons. The van der Waals surface area contributed by atoms with Crippen LogP contribution in [0.4, 0.5) is 20.3 Å². The summed E-state index contributed by atoms with van der Waals surface area (Å²) in [5, 5.41) is 2.67. The monoisotopic (exact) mass is 285 g/mol. The summed E-state index contributed by atoms with van der Waals surface area (Å²) in [6.07, 6.45) is 2.82. The molecule has 0 aliphatic carbocycles. The van der Waals surface area contributed by atoms with Crippen LogP contribution in [0.1, 0.15) is 0 Å². The molecule has 16 heavy (non-hydrogen) atoms. The zero-order chi connectivity index (χ0) is 11.5. The molecule has 0 aliphatic rings. The van der Waals surface area contributed by atoms with E-state index in [0.717, 1.165) is 18.2 Å². The van der Waals surface area contributed by atoms with Gasteiger partial charge in [0.2, 0.25) is 0 Å². The van der Waals surface area contributed by atoms with Gasteiger partial charge in [0.05, 0.1) is 10.2 Å². The van der Waals surface area contributed by atoms with Crippen molar-refractivity contribution in [2.75, 3.05) is 5.32 Å². The first-order valence-corrected chi connectivity index (χ1v) is 5.13. The molecule has 0 saturated carbocycles. The topological polar surface area (TPSA) is 37.8 Å². The number of hydrogen-bond acceptors (Lipinski definition) is 3. The van der Waals surface area contributed by atoms with E-state index in [0.29, 0.717) is 10.3 Å². The fourth-order valence-electron chi connectivity index (χ4n) is 1.13. The Bertz CT molecular complexity index is 519. The molecule has 1 aromatic heterocycles. The van der Waals surface area contributed by atoms with Gasteiger partial charge in [0.1, 0.15) is 23.8 Å². The molecule has 0 amide bonds. The second-order valence-electron chi connectivity index (χ2n) is 2.97. The number of nitrogens with zero attached hydrogens (tertiary/aromatic N) is 2. The predicted octanol–water partition coefficient (Wildman–Crippen LogP) is 3.26. The Morgan fingerprint density at radius 1 is 1.25 bits per heavy atom. The van der Waals surface area contributed by atoms with E-state index in [9.17, 15) is 8.78 Å². The molecule has 2 rings (SSSR count). The number of aromatic nitrogens is 2. The number of rotatable bonds is 2. The first kappa shape index (κ1) is 10.9. The number of benzene rings is 1. The van der Waals surface area contributed by atoms with Crippen LogP contribution in [0, 0.1) is 11.6 Å². The summed E-state index contributed by atoms with van der Waals surface area (Å²) in [6, 6.07) is 3.16. The molecule has 0 fully saturated rings. The molecule has 2 aromatic rings. The highest BCUT2D eigenvalue weighted by Crippen LogP contribution is 2.24. The van der Waals surface area contributed by atoms with Crippen LogP contribution < -0.4 is 5.32 Å². The molecular formula is C10H6BrF2N3. The third-order valence-electron chi connectivity index (χ3n) is 1.85. The Balaban J connectivity index is 2.34.